The smallest absolute Gasteiger partial charge is 0.327 e. The number of rotatable bonds is 22. The molecule has 10 rings (SSSR count). The third-order valence-electron chi connectivity index (χ3n) is 17.8. The number of carbonyl (C=O) groups is 1. The number of unbranched alkanes of at least 4 members (excludes halogenated alkanes) is 1. The molecule has 15 N–H and O–H groups in total. The molecule has 4 unspecified atom stereocenters. The van der Waals surface area contributed by atoms with Crippen LogP contribution >= 0.6 is 0 Å². The van der Waals surface area contributed by atoms with Crippen LogP contribution in [0.15, 0.2) is 79.4 Å². The second kappa shape index (κ2) is 27.2. The number of ether oxygens (including phenoxy) is 8. The zero-order valence-corrected chi connectivity index (χ0v) is 49.0. The van der Waals surface area contributed by atoms with Gasteiger partial charge in [-0.1, -0.05) is 25.8 Å². The monoisotopic (exact) mass is 1240 g/mol. The van der Waals surface area contributed by atoms with E-state index in [1.807, 2.05) is 43.3 Å². The van der Waals surface area contributed by atoms with Gasteiger partial charge >= 0.3 is 6.03 Å². The van der Waals surface area contributed by atoms with E-state index in [0.717, 1.165) is 23.5 Å². The second-order valence-corrected chi connectivity index (χ2v) is 23.7. The summed E-state index contributed by atoms with van der Waals surface area (Å²) in [5.74, 6) is -2.30. The van der Waals surface area contributed by atoms with Crippen LogP contribution < -0.4 is 36.6 Å². The molecule has 6 fully saturated rings. The van der Waals surface area contributed by atoms with Crippen LogP contribution in [0.5, 0.6) is 5.75 Å². The van der Waals surface area contributed by atoms with Gasteiger partial charge in [-0.25, -0.2) is 23.2 Å². The number of hydrogen-bond donors (Lipinski definition) is 12. The van der Waals surface area contributed by atoms with Crippen LogP contribution in [0, 0.1) is 17.6 Å². The average molecular weight is 1250 g/mol. The van der Waals surface area contributed by atoms with Gasteiger partial charge in [-0.15, -0.1) is 0 Å². The van der Waals surface area contributed by atoms with Crippen LogP contribution in [-0.2, 0) is 45.3 Å². The summed E-state index contributed by atoms with van der Waals surface area (Å²) in [5.41, 5.74) is 15.4. The number of benzene rings is 3. The van der Waals surface area contributed by atoms with E-state index >= 15 is 4.39 Å². The van der Waals surface area contributed by atoms with E-state index < -0.39 is 158 Å². The Bertz CT molecular complexity index is 2930. The molecule has 0 saturated carbocycles. The number of urea groups is 1. The van der Waals surface area contributed by atoms with Crippen LogP contribution in [0.25, 0.3) is 0 Å². The van der Waals surface area contributed by atoms with Crippen LogP contribution in [0.1, 0.15) is 45.6 Å². The number of carbonyl (C=O) groups excluding carboxylic acids is 1. The Hall–Kier alpha value is -5.43. The summed E-state index contributed by atoms with van der Waals surface area (Å²) in [6, 6.07) is 12.5. The molecule has 3 aromatic carbocycles. The molecule has 6 aliphatic rings. The minimum atomic E-state index is -2.31. The highest BCUT2D eigenvalue weighted by Gasteiger charge is 2.67. The maximum atomic E-state index is 15.1. The summed E-state index contributed by atoms with van der Waals surface area (Å²) in [6.45, 7) is 4.96. The van der Waals surface area contributed by atoms with Crippen molar-refractivity contribution in [1.29, 1.82) is 0 Å². The molecule has 0 bridgehead atoms. The van der Waals surface area contributed by atoms with Gasteiger partial charge in [-0.2, -0.15) is 5.10 Å². The van der Waals surface area contributed by atoms with Crippen molar-refractivity contribution >= 4 is 23.1 Å². The molecule has 4 aromatic rings. The van der Waals surface area contributed by atoms with E-state index in [0.29, 0.717) is 50.5 Å². The number of aromatic nitrogens is 3. The van der Waals surface area contributed by atoms with Crippen molar-refractivity contribution in [2.75, 3.05) is 80.5 Å². The number of anilines is 3. The summed E-state index contributed by atoms with van der Waals surface area (Å²) in [5, 5.41) is 106. The molecule has 0 radical (unpaired) electrons. The average Bonchev–Trinajstić information content (AvgIpc) is 1.43. The molecule has 486 valence electrons. The Kier molecular flexibility index (Phi) is 20.2. The zero-order chi connectivity index (χ0) is 63.0. The van der Waals surface area contributed by atoms with Crippen molar-refractivity contribution in [3.8, 4) is 5.75 Å². The lowest BCUT2D eigenvalue weighted by Gasteiger charge is -2.56. The van der Waals surface area contributed by atoms with E-state index in [1.165, 1.54) is 33.2 Å². The van der Waals surface area contributed by atoms with Gasteiger partial charge in [0.15, 0.2) is 30.9 Å². The minimum Gasteiger partial charge on any atom is -0.488 e. The highest BCUT2D eigenvalue weighted by Crippen LogP contribution is 2.49. The Morgan fingerprint density at radius 3 is 1.97 bits per heavy atom. The van der Waals surface area contributed by atoms with Gasteiger partial charge in [0.1, 0.15) is 96.7 Å². The normalized spacial score (nSPS) is 36.0. The van der Waals surface area contributed by atoms with Gasteiger partial charge in [0.05, 0.1) is 57.6 Å². The molecular weight excluding hydrogens is 1160 g/mol. The Morgan fingerprint density at radius 2 is 1.38 bits per heavy atom. The fourth-order valence-corrected chi connectivity index (χ4v) is 13.1. The topological polar surface area (TPSA) is 395 Å². The highest BCUT2D eigenvalue weighted by atomic mass is 19.1. The van der Waals surface area contributed by atoms with Crippen molar-refractivity contribution in [3.05, 3.63) is 96.6 Å². The van der Waals surface area contributed by atoms with Crippen LogP contribution in [-0.4, -0.2) is 247 Å². The summed E-state index contributed by atoms with van der Waals surface area (Å²) >= 11 is 0. The Morgan fingerprint density at radius 1 is 0.773 bits per heavy atom. The van der Waals surface area contributed by atoms with E-state index in [-0.39, 0.29) is 38.3 Å². The predicted octanol–water partition coefficient (Wildman–Crippen LogP) is -1.91. The van der Waals surface area contributed by atoms with Gasteiger partial charge in [-0.05, 0) is 74.9 Å². The van der Waals surface area contributed by atoms with Crippen LogP contribution in [0.4, 0.5) is 30.6 Å². The molecule has 6 saturated heterocycles. The van der Waals surface area contributed by atoms with Crippen molar-refractivity contribution in [3.63, 3.8) is 0 Å². The summed E-state index contributed by atoms with van der Waals surface area (Å²) in [6.07, 6.45) is -15.2. The summed E-state index contributed by atoms with van der Waals surface area (Å²) < 4.78 is 78.7. The van der Waals surface area contributed by atoms with Gasteiger partial charge in [0, 0.05) is 66.8 Å². The van der Waals surface area contributed by atoms with E-state index in [1.54, 1.807) is 26.0 Å². The van der Waals surface area contributed by atoms with Gasteiger partial charge < -0.3 is 111 Å². The van der Waals surface area contributed by atoms with Gasteiger partial charge in [-0.3, -0.25) is 9.80 Å². The molecule has 28 nitrogen and oxygen atoms in total. The molecule has 30 heteroatoms. The molecule has 0 aliphatic carbocycles. The number of aliphatic hydroxyl groups excluding tert-OH is 8. The fourth-order valence-electron chi connectivity index (χ4n) is 13.1. The predicted molar refractivity (Wildman–Crippen MR) is 305 cm³/mol. The molecule has 88 heavy (non-hydrogen) atoms. The first kappa shape index (κ1) is 65.5. The number of β-amino-alcohol motifs (C(OH)–C–C–N with tert-alkyl or cyclic N) is 1. The number of aliphatic hydroxyl groups is 9. The fraction of sp³-hybridized carbons (Fsp3) is 0.638. The standard InChI is InChI=1S/C58H82F2N10O18/c1-4-5-6-41(57(27-73)51(77)48(76)45(63)54(88-57)86-50-40(23-72)84-53(44(62)47(50)75)85-49-39(22-71)83-52(78)43(61)46(49)74)58(80)26-69(55(79)70(58)31(2)3)35-10-8-33(9-11-35)66-17-19-67(20-18-66)34-12-14-36(15-13-34)81-24-42-82-28-56(87-42,25-68-30-64-29-65-68)37-16-7-32(59)21-38(37)60/h7-16,21,29-31,39-54,71-78,80H,4-6,17-20,22-28,61-63H2,1-3H3/t39-,40-,41?,42+,43-,44-,45-,46-,47-,48-,49?,50?,51+,52-,53+,54+,56-,57+,58?/m1/s1. The summed E-state index contributed by atoms with van der Waals surface area (Å²) in [7, 11) is 0. The van der Waals surface area contributed by atoms with Crippen molar-refractivity contribution in [2.45, 2.75) is 162 Å². The number of nitrogens with zero attached hydrogens (tertiary/aromatic N) is 7. The minimum absolute atomic E-state index is 0.0110. The Balaban J connectivity index is 0.785. The third-order valence-corrected chi connectivity index (χ3v) is 17.8. The number of amides is 2. The number of halogens is 2. The number of nitrogens with two attached hydrogens (primary N) is 3. The second-order valence-electron chi connectivity index (χ2n) is 23.7. The van der Waals surface area contributed by atoms with Crippen LogP contribution in [0.3, 0.4) is 0 Å². The number of piperazine rings is 1. The van der Waals surface area contributed by atoms with Crippen molar-refractivity contribution < 1.29 is 97.4 Å². The van der Waals surface area contributed by atoms with Crippen molar-refractivity contribution in [1.82, 2.24) is 19.7 Å². The SMILES string of the molecule is CCCCC(C1(O)CN(c2ccc(N3CCN(c4ccc(OC[C@H]5OC[C@](Cn6cncn6)(c6ccc(F)cc6F)O5)cc4)CC3)cc2)C(=O)N1C(C)C)[C@]1(CO)O[C@H](OC2[C@@H](CO)O[C@@H](OC3[C@@H](CO)O[C@@H](O)[C@H](N)[C@H]3O)[C@H](N)[C@H]2O)[C@H](N)[C@@H](O)[C@@H]1O. The first-order valence-corrected chi connectivity index (χ1v) is 29.6. The number of hydrogen-bond acceptors (Lipinski definition) is 25. The van der Waals surface area contributed by atoms with E-state index in [9.17, 15) is 55.1 Å². The molecule has 0 spiro atoms. The van der Waals surface area contributed by atoms with E-state index in [4.69, 9.17) is 55.1 Å². The molecule has 19 atom stereocenters. The maximum absolute atomic E-state index is 15.1. The zero-order valence-electron chi connectivity index (χ0n) is 49.0. The first-order valence-electron chi connectivity index (χ1n) is 29.6. The lowest BCUT2D eigenvalue weighted by molar-refractivity contribution is -0.375. The highest BCUT2D eigenvalue weighted by molar-refractivity contribution is 5.95. The maximum Gasteiger partial charge on any atom is 0.327 e. The van der Waals surface area contributed by atoms with Gasteiger partial charge in [0.25, 0.3) is 0 Å². The third kappa shape index (κ3) is 12.7. The molecule has 2 amide bonds. The lowest BCUT2D eigenvalue weighted by Crippen LogP contribution is -2.76. The largest absolute Gasteiger partial charge is 0.488 e. The quantitative estimate of drug-likeness (QED) is 0.0408. The van der Waals surface area contributed by atoms with Crippen LogP contribution in [0.2, 0.25) is 0 Å². The molecule has 1 aromatic heterocycles. The van der Waals surface area contributed by atoms with Gasteiger partial charge in [0.2, 0.25) is 0 Å². The molecular formula is C58H82F2N10O18. The summed E-state index contributed by atoms with van der Waals surface area (Å²) in [4.78, 5) is 25.8. The Labute approximate surface area is 506 Å². The van der Waals surface area contributed by atoms with Crippen molar-refractivity contribution in [2.24, 2.45) is 23.1 Å². The molecule has 6 aliphatic heterocycles. The molecule has 7 heterocycles. The van der Waals surface area contributed by atoms with E-state index in [2.05, 4.69) is 19.9 Å². The lowest BCUT2D eigenvalue weighted by atomic mass is 9.69. The first-order chi connectivity index (χ1) is 42.1.